The van der Waals surface area contributed by atoms with Crippen LogP contribution in [-0.2, 0) is 15.8 Å². The molecule has 2 bridgehead atoms. The van der Waals surface area contributed by atoms with Crippen LogP contribution in [0.4, 0.5) is 18.9 Å². The number of carbonyl (C=O) groups is 2. The van der Waals surface area contributed by atoms with Gasteiger partial charge in [0.25, 0.3) is 0 Å². The van der Waals surface area contributed by atoms with Gasteiger partial charge in [0.1, 0.15) is 0 Å². The molecule has 0 unspecified atom stereocenters. The first-order valence-corrected chi connectivity index (χ1v) is 13.4. The third kappa shape index (κ3) is 3.00. The second kappa shape index (κ2) is 7.58. The van der Waals surface area contributed by atoms with Crippen molar-refractivity contribution in [3.05, 3.63) is 80.3 Å². The SMILES string of the molecule is O=C1[C@@H]2[C@H]3C[C@H]([C@@H]4Sc5[nH]c(=O)sc5[C@@H](c5ccc(C(F)(F)F)cc5)[C@H]34)[C@@H]2C(=O)N1c1ccccc1. The van der Waals surface area contributed by atoms with Crippen LogP contribution >= 0.6 is 23.1 Å². The Morgan fingerprint density at radius 1 is 0.889 bits per heavy atom. The molecular formula is C26H19F3N2O3S2. The van der Waals surface area contributed by atoms with Crippen molar-refractivity contribution in [2.75, 3.05) is 4.90 Å². The van der Waals surface area contributed by atoms with Crippen molar-refractivity contribution < 1.29 is 22.8 Å². The highest BCUT2D eigenvalue weighted by Gasteiger charge is 2.69. The van der Waals surface area contributed by atoms with Crippen LogP contribution < -0.4 is 9.77 Å². The summed E-state index contributed by atoms with van der Waals surface area (Å²) in [6.45, 7) is 0. The molecule has 0 radical (unpaired) electrons. The Bertz CT molecular complexity index is 1450. The minimum atomic E-state index is -4.44. The van der Waals surface area contributed by atoms with E-state index in [0.717, 1.165) is 39.8 Å². The predicted octanol–water partition coefficient (Wildman–Crippen LogP) is 5.13. The summed E-state index contributed by atoms with van der Waals surface area (Å²) in [4.78, 5) is 44.3. The fourth-order valence-electron chi connectivity index (χ4n) is 7.10. The highest BCUT2D eigenvalue weighted by atomic mass is 32.2. The Morgan fingerprint density at radius 2 is 1.56 bits per heavy atom. The second-order valence-corrected chi connectivity index (χ2v) is 12.1. The molecule has 36 heavy (non-hydrogen) atoms. The summed E-state index contributed by atoms with van der Waals surface area (Å²) < 4.78 is 39.7. The first-order chi connectivity index (χ1) is 17.2. The molecule has 1 N–H and O–H groups in total. The van der Waals surface area contributed by atoms with Gasteiger partial charge in [-0.15, -0.1) is 11.8 Å². The fraction of sp³-hybridized carbons (Fsp3) is 0.346. The van der Waals surface area contributed by atoms with Crippen LogP contribution in [0.15, 0.2) is 64.4 Å². The number of carbonyl (C=O) groups excluding carboxylic acids is 2. The maximum Gasteiger partial charge on any atom is 0.416 e. The van der Waals surface area contributed by atoms with Crippen LogP contribution in [0.25, 0.3) is 0 Å². The van der Waals surface area contributed by atoms with Crippen molar-refractivity contribution >= 4 is 40.6 Å². The third-order valence-electron chi connectivity index (χ3n) is 8.34. The molecule has 3 heterocycles. The van der Waals surface area contributed by atoms with E-state index in [4.69, 9.17) is 0 Å². The third-order valence-corrected chi connectivity index (χ3v) is 10.9. The van der Waals surface area contributed by atoms with Gasteiger partial charge in [-0.1, -0.05) is 41.7 Å². The van der Waals surface area contributed by atoms with Gasteiger partial charge in [-0.05, 0) is 54.0 Å². The number of nitrogens with one attached hydrogen (secondary N) is 1. The fourth-order valence-corrected chi connectivity index (χ4v) is 9.99. The number of para-hydroxylation sites is 1. The van der Waals surface area contributed by atoms with E-state index in [9.17, 15) is 27.6 Å². The van der Waals surface area contributed by atoms with Crippen molar-refractivity contribution in [2.45, 2.75) is 28.8 Å². The first-order valence-electron chi connectivity index (χ1n) is 11.7. The molecule has 1 aromatic heterocycles. The maximum absolute atomic E-state index is 13.6. The number of alkyl halides is 3. The van der Waals surface area contributed by atoms with E-state index in [1.807, 2.05) is 6.07 Å². The molecule has 0 spiro atoms. The first kappa shape index (κ1) is 22.4. The zero-order valence-electron chi connectivity index (χ0n) is 18.6. The minimum Gasteiger partial charge on any atom is -0.307 e. The summed E-state index contributed by atoms with van der Waals surface area (Å²) in [7, 11) is 0. The number of hydrogen-bond donors (Lipinski definition) is 1. The molecule has 184 valence electrons. The summed E-state index contributed by atoms with van der Waals surface area (Å²) in [5.41, 5.74) is 0.550. The Kier molecular flexibility index (Phi) is 4.71. The molecule has 2 amide bonds. The van der Waals surface area contributed by atoms with Crippen LogP contribution in [-0.4, -0.2) is 22.0 Å². The van der Waals surface area contributed by atoms with E-state index in [1.54, 1.807) is 36.0 Å². The van der Waals surface area contributed by atoms with Crippen molar-refractivity contribution in [3.8, 4) is 0 Å². The topological polar surface area (TPSA) is 70.2 Å². The van der Waals surface area contributed by atoms with Gasteiger partial charge in [0, 0.05) is 16.0 Å². The Balaban J connectivity index is 1.31. The number of benzene rings is 2. The molecular weight excluding hydrogens is 509 g/mol. The standard InChI is InChI=1S/C26H19F3N2O3S2/c27-26(28,29)12-8-6-11(7-9-12)16-17-14-10-15(20(17)35-22-21(16)36-25(34)30-22)19-18(14)23(32)31(24(19)33)13-4-2-1-3-5-13/h1-9,14-20H,10H2,(H,30,34)/t14-,15-,16-,17-,18+,19-,20-/m0/s1. The van der Waals surface area contributed by atoms with Crippen LogP contribution in [0.5, 0.6) is 0 Å². The number of nitrogens with zero attached hydrogens (tertiary/aromatic N) is 1. The average Bonchev–Trinajstić information content (AvgIpc) is 3.58. The molecule has 3 fully saturated rings. The number of rotatable bonds is 2. The molecule has 2 aromatic carbocycles. The highest BCUT2D eigenvalue weighted by Crippen LogP contribution is 2.68. The van der Waals surface area contributed by atoms with Gasteiger partial charge < -0.3 is 4.98 Å². The average molecular weight is 529 g/mol. The van der Waals surface area contributed by atoms with E-state index < -0.39 is 23.6 Å². The van der Waals surface area contributed by atoms with E-state index >= 15 is 0 Å². The van der Waals surface area contributed by atoms with Gasteiger partial charge in [0.2, 0.25) is 11.8 Å². The van der Waals surface area contributed by atoms with Gasteiger partial charge in [0.15, 0.2) is 0 Å². The lowest BCUT2D eigenvalue weighted by Gasteiger charge is -2.43. The number of hydrogen-bond acceptors (Lipinski definition) is 5. The lowest BCUT2D eigenvalue weighted by molar-refractivity contribution is -0.137. The zero-order chi connectivity index (χ0) is 24.9. The number of thiazole rings is 1. The summed E-state index contributed by atoms with van der Waals surface area (Å²) in [5.74, 6) is -1.68. The van der Waals surface area contributed by atoms with Gasteiger partial charge in [-0.25, -0.2) is 0 Å². The van der Waals surface area contributed by atoms with Crippen molar-refractivity contribution in [2.24, 2.45) is 29.6 Å². The lowest BCUT2D eigenvalue weighted by Crippen LogP contribution is -2.42. The van der Waals surface area contributed by atoms with Gasteiger partial charge in [0.05, 0.1) is 28.1 Å². The number of H-pyrrole nitrogens is 1. The van der Waals surface area contributed by atoms with Gasteiger partial charge >= 0.3 is 11.0 Å². The number of anilines is 1. The number of aromatic amines is 1. The van der Waals surface area contributed by atoms with Crippen molar-refractivity contribution in [3.63, 3.8) is 0 Å². The molecule has 7 rings (SSSR count). The predicted molar refractivity (Wildman–Crippen MR) is 129 cm³/mol. The molecule has 4 aliphatic rings. The van der Waals surface area contributed by atoms with E-state index in [0.29, 0.717) is 11.3 Å². The lowest BCUT2D eigenvalue weighted by atomic mass is 9.68. The monoisotopic (exact) mass is 528 g/mol. The Hall–Kier alpha value is -2.85. The largest absolute Gasteiger partial charge is 0.416 e. The highest BCUT2D eigenvalue weighted by molar-refractivity contribution is 8.00. The van der Waals surface area contributed by atoms with Crippen LogP contribution in [0.3, 0.4) is 0 Å². The number of amides is 2. The van der Waals surface area contributed by atoms with Crippen molar-refractivity contribution in [1.82, 2.24) is 4.98 Å². The summed E-state index contributed by atoms with van der Waals surface area (Å²) in [6.07, 6.45) is -3.71. The van der Waals surface area contributed by atoms with Gasteiger partial charge in [-0.2, -0.15) is 13.2 Å². The van der Waals surface area contributed by atoms with E-state index in [2.05, 4.69) is 4.98 Å². The Labute approximate surface area is 211 Å². The second-order valence-electron chi connectivity index (χ2n) is 9.93. The number of imide groups is 1. The zero-order valence-corrected chi connectivity index (χ0v) is 20.2. The molecule has 2 aliphatic heterocycles. The smallest absolute Gasteiger partial charge is 0.307 e. The number of fused-ring (bicyclic) bond motifs is 9. The van der Waals surface area contributed by atoms with Crippen LogP contribution in [0.2, 0.25) is 0 Å². The van der Waals surface area contributed by atoms with Gasteiger partial charge in [-0.3, -0.25) is 19.3 Å². The van der Waals surface area contributed by atoms with Crippen molar-refractivity contribution in [1.29, 1.82) is 0 Å². The Morgan fingerprint density at radius 3 is 2.22 bits per heavy atom. The molecule has 2 saturated carbocycles. The minimum absolute atomic E-state index is 0.00577. The molecule has 10 heteroatoms. The molecule has 7 atom stereocenters. The molecule has 3 aromatic rings. The molecule has 1 saturated heterocycles. The van der Waals surface area contributed by atoms with Crippen LogP contribution in [0, 0.1) is 29.6 Å². The summed E-state index contributed by atoms with van der Waals surface area (Å²) in [5, 5.41) is 0.728. The summed E-state index contributed by atoms with van der Waals surface area (Å²) in [6, 6.07) is 14.1. The maximum atomic E-state index is 13.6. The quantitative estimate of drug-likeness (QED) is 0.468. The number of aromatic nitrogens is 1. The number of halogens is 3. The molecule has 2 aliphatic carbocycles. The van der Waals surface area contributed by atoms with Crippen LogP contribution in [0.1, 0.15) is 28.3 Å². The summed E-state index contributed by atoms with van der Waals surface area (Å²) >= 11 is 2.65. The normalized spacial score (nSPS) is 32.5. The molecule has 5 nitrogen and oxygen atoms in total. The number of thioether (sulfide) groups is 1. The van der Waals surface area contributed by atoms with E-state index in [1.165, 1.54) is 17.0 Å². The van der Waals surface area contributed by atoms with E-state index in [-0.39, 0.29) is 45.6 Å².